The summed E-state index contributed by atoms with van der Waals surface area (Å²) in [5.41, 5.74) is 1.75. The van der Waals surface area contributed by atoms with Crippen molar-refractivity contribution in [1.29, 1.82) is 5.26 Å². The molecule has 0 unspecified atom stereocenters. The van der Waals surface area contributed by atoms with E-state index in [1.807, 2.05) is 35.0 Å². The van der Waals surface area contributed by atoms with Gasteiger partial charge in [-0.3, -0.25) is 9.69 Å². The molecular formula is C21H27N5O. The first-order valence-electron chi connectivity index (χ1n) is 9.74. The molecule has 0 radical (unpaired) electrons. The highest BCUT2D eigenvalue weighted by atomic mass is 16.2. The van der Waals surface area contributed by atoms with Crippen LogP contribution in [0.4, 0.5) is 5.82 Å². The van der Waals surface area contributed by atoms with Crippen molar-refractivity contribution in [2.24, 2.45) is 0 Å². The molecule has 0 atom stereocenters. The van der Waals surface area contributed by atoms with E-state index < -0.39 is 0 Å². The van der Waals surface area contributed by atoms with E-state index in [4.69, 9.17) is 5.26 Å². The van der Waals surface area contributed by atoms with Crippen molar-refractivity contribution in [3.05, 3.63) is 47.7 Å². The van der Waals surface area contributed by atoms with Crippen LogP contribution < -0.4 is 5.32 Å². The highest BCUT2D eigenvalue weighted by molar-refractivity contribution is 5.91. The molecule has 6 nitrogen and oxygen atoms in total. The molecule has 1 aromatic heterocycles. The van der Waals surface area contributed by atoms with Gasteiger partial charge in [0.1, 0.15) is 5.82 Å². The third-order valence-electron chi connectivity index (χ3n) is 5.00. The fourth-order valence-corrected chi connectivity index (χ4v) is 3.71. The minimum absolute atomic E-state index is 0.0168. The maximum atomic E-state index is 12.6. The summed E-state index contributed by atoms with van der Waals surface area (Å²) in [6.45, 7) is 3.98. The Morgan fingerprint density at radius 1 is 1.30 bits per heavy atom. The molecular weight excluding hydrogens is 338 g/mol. The molecule has 0 aliphatic heterocycles. The predicted molar refractivity (Wildman–Crippen MR) is 105 cm³/mol. The van der Waals surface area contributed by atoms with Crippen LogP contribution in [0.5, 0.6) is 0 Å². The maximum absolute atomic E-state index is 12.6. The zero-order chi connectivity index (χ0) is 19.1. The van der Waals surface area contributed by atoms with Crippen molar-refractivity contribution < 1.29 is 4.79 Å². The molecule has 1 fully saturated rings. The third-order valence-corrected chi connectivity index (χ3v) is 5.00. The van der Waals surface area contributed by atoms with Crippen molar-refractivity contribution >= 4 is 11.7 Å². The lowest BCUT2D eigenvalue weighted by molar-refractivity contribution is -0.117. The predicted octanol–water partition coefficient (Wildman–Crippen LogP) is 3.72. The van der Waals surface area contributed by atoms with Gasteiger partial charge in [0.15, 0.2) is 0 Å². The highest BCUT2D eigenvalue weighted by Gasteiger charge is 2.21. The van der Waals surface area contributed by atoms with E-state index in [0.29, 0.717) is 24.7 Å². The van der Waals surface area contributed by atoms with Gasteiger partial charge >= 0.3 is 0 Å². The van der Waals surface area contributed by atoms with Crippen LogP contribution in [0, 0.1) is 11.3 Å². The molecule has 0 bridgehead atoms. The summed E-state index contributed by atoms with van der Waals surface area (Å²) in [7, 11) is 0. The molecule has 1 aliphatic rings. The first-order valence-corrected chi connectivity index (χ1v) is 9.74. The van der Waals surface area contributed by atoms with Crippen LogP contribution in [0.1, 0.15) is 56.2 Å². The first-order chi connectivity index (χ1) is 13.2. The van der Waals surface area contributed by atoms with Gasteiger partial charge in [-0.1, -0.05) is 31.9 Å². The zero-order valence-corrected chi connectivity index (χ0v) is 15.9. The molecule has 6 heteroatoms. The van der Waals surface area contributed by atoms with Crippen LogP contribution >= 0.6 is 0 Å². The number of carbonyl (C=O) groups is 1. The van der Waals surface area contributed by atoms with Gasteiger partial charge in [-0.05, 0) is 43.5 Å². The van der Waals surface area contributed by atoms with Gasteiger partial charge in [0.25, 0.3) is 0 Å². The molecule has 1 aliphatic carbocycles. The second kappa shape index (κ2) is 9.33. The van der Waals surface area contributed by atoms with Crippen LogP contribution in [0.2, 0.25) is 0 Å². The average molecular weight is 365 g/mol. The van der Waals surface area contributed by atoms with E-state index in [9.17, 15) is 4.79 Å². The standard InChI is InChI=1S/C21H27N5O/c1-2-13-25(15-18-9-7-17(14-22)8-10-18)16-21(27)24-20-11-12-23-26(20)19-5-3-4-6-19/h7-12,19H,2-6,13,15-16H2,1H3,(H,24,27). The maximum Gasteiger partial charge on any atom is 0.239 e. The normalized spacial score (nSPS) is 14.4. The minimum Gasteiger partial charge on any atom is -0.310 e. The van der Waals surface area contributed by atoms with Gasteiger partial charge in [-0.2, -0.15) is 10.4 Å². The van der Waals surface area contributed by atoms with Crippen LogP contribution in [-0.4, -0.2) is 33.7 Å². The Morgan fingerprint density at radius 2 is 2.04 bits per heavy atom. The second-order valence-electron chi connectivity index (χ2n) is 7.17. The Balaban J connectivity index is 1.60. The quantitative estimate of drug-likeness (QED) is 0.774. The number of anilines is 1. The van der Waals surface area contributed by atoms with E-state index in [1.165, 1.54) is 12.8 Å². The van der Waals surface area contributed by atoms with Crippen LogP contribution in [-0.2, 0) is 11.3 Å². The topological polar surface area (TPSA) is 74.0 Å². The summed E-state index contributed by atoms with van der Waals surface area (Å²) in [5.74, 6) is 0.776. The van der Waals surface area contributed by atoms with Gasteiger partial charge in [0.2, 0.25) is 5.91 Å². The van der Waals surface area contributed by atoms with Gasteiger partial charge in [-0.25, -0.2) is 4.68 Å². The number of nitriles is 1. The molecule has 27 heavy (non-hydrogen) atoms. The van der Waals surface area contributed by atoms with Gasteiger partial charge in [-0.15, -0.1) is 0 Å². The number of aromatic nitrogens is 2. The number of hydrogen-bond donors (Lipinski definition) is 1. The molecule has 0 saturated heterocycles. The molecule has 1 amide bonds. The lowest BCUT2D eigenvalue weighted by Crippen LogP contribution is -2.34. The molecule has 1 aromatic carbocycles. The molecule has 1 heterocycles. The Hall–Kier alpha value is -2.65. The lowest BCUT2D eigenvalue weighted by atomic mass is 10.1. The van der Waals surface area contributed by atoms with Crippen LogP contribution in [0.3, 0.4) is 0 Å². The summed E-state index contributed by atoms with van der Waals surface area (Å²) in [5, 5.41) is 16.4. The molecule has 2 aromatic rings. The Labute approximate surface area is 160 Å². The van der Waals surface area contributed by atoms with E-state index >= 15 is 0 Å². The van der Waals surface area contributed by atoms with Crippen molar-refractivity contribution in [3.63, 3.8) is 0 Å². The van der Waals surface area contributed by atoms with E-state index in [0.717, 1.165) is 37.2 Å². The smallest absolute Gasteiger partial charge is 0.239 e. The van der Waals surface area contributed by atoms with E-state index in [2.05, 4.69) is 28.3 Å². The number of rotatable bonds is 8. The monoisotopic (exact) mass is 365 g/mol. The first kappa shape index (κ1) is 19.1. The fourth-order valence-electron chi connectivity index (χ4n) is 3.71. The second-order valence-corrected chi connectivity index (χ2v) is 7.17. The summed E-state index contributed by atoms with van der Waals surface area (Å²) in [6, 6.07) is 12.0. The lowest BCUT2D eigenvalue weighted by Gasteiger charge is -2.22. The van der Waals surface area contributed by atoms with Crippen molar-refractivity contribution in [1.82, 2.24) is 14.7 Å². The zero-order valence-electron chi connectivity index (χ0n) is 15.9. The number of hydrogen-bond acceptors (Lipinski definition) is 4. The molecule has 1 saturated carbocycles. The SMILES string of the molecule is CCCN(CC(=O)Nc1ccnn1C1CCCC1)Cc1ccc(C#N)cc1. The molecule has 142 valence electrons. The Bertz CT molecular complexity index is 784. The van der Waals surface area contributed by atoms with Crippen molar-refractivity contribution in [3.8, 4) is 6.07 Å². The third kappa shape index (κ3) is 5.18. The molecule has 3 rings (SSSR count). The van der Waals surface area contributed by atoms with Gasteiger partial charge in [0.05, 0.1) is 30.4 Å². The highest BCUT2D eigenvalue weighted by Crippen LogP contribution is 2.31. The van der Waals surface area contributed by atoms with Crippen molar-refractivity contribution in [2.45, 2.75) is 51.6 Å². The van der Waals surface area contributed by atoms with Crippen molar-refractivity contribution in [2.75, 3.05) is 18.4 Å². The summed E-state index contributed by atoms with van der Waals surface area (Å²) < 4.78 is 1.97. The van der Waals surface area contributed by atoms with E-state index in [-0.39, 0.29) is 5.91 Å². The van der Waals surface area contributed by atoms with Crippen LogP contribution in [0.25, 0.3) is 0 Å². The Kier molecular flexibility index (Phi) is 6.61. The van der Waals surface area contributed by atoms with Gasteiger partial charge in [0, 0.05) is 12.6 Å². The minimum atomic E-state index is -0.0168. The molecule has 0 spiro atoms. The fraction of sp³-hybridized carbons (Fsp3) is 0.476. The number of nitrogens with one attached hydrogen (secondary N) is 1. The summed E-state index contributed by atoms with van der Waals surface area (Å²) >= 11 is 0. The number of carbonyl (C=O) groups excluding carboxylic acids is 1. The number of benzene rings is 1. The Morgan fingerprint density at radius 3 is 2.70 bits per heavy atom. The number of amides is 1. The summed E-state index contributed by atoms with van der Waals surface area (Å²) in [6.07, 6.45) is 7.45. The molecule has 1 N–H and O–H groups in total. The number of nitrogens with zero attached hydrogens (tertiary/aromatic N) is 4. The van der Waals surface area contributed by atoms with E-state index in [1.54, 1.807) is 6.20 Å². The van der Waals surface area contributed by atoms with Crippen LogP contribution in [0.15, 0.2) is 36.5 Å². The van der Waals surface area contributed by atoms with Gasteiger partial charge < -0.3 is 5.32 Å². The summed E-state index contributed by atoms with van der Waals surface area (Å²) in [4.78, 5) is 14.7. The average Bonchev–Trinajstić information content (AvgIpc) is 3.34. The largest absolute Gasteiger partial charge is 0.310 e.